The Bertz CT molecular complexity index is 1100. The second-order valence-corrected chi connectivity index (χ2v) is 8.35. The SMILES string of the molecule is Clc1ccc2c(N[C@H]3CCC[C@@H]3Nc3ccnc4cc(Cl)ccc34)ccnc2c1. The summed E-state index contributed by atoms with van der Waals surface area (Å²) in [4.78, 5) is 8.89. The molecule has 0 unspecified atom stereocenters. The molecule has 2 heterocycles. The Hall–Kier alpha value is -2.56. The van der Waals surface area contributed by atoms with Gasteiger partial charge in [-0.3, -0.25) is 9.97 Å². The van der Waals surface area contributed by atoms with Crippen molar-refractivity contribution in [2.45, 2.75) is 31.3 Å². The quantitative estimate of drug-likeness (QED) is 0.392. The minimum atomic E-state index is 0.326. The molecule has 0 saturated heterocycles. The lowest BCUT2D eigenvalue weighted by molar-refractivity contribution is 0.678. The maximum absolute atomic E-state index is 6.13. The minimum Gasteiger partial charge on any atom is -0.380 e. The Balaban J connectivity index is 1.42. The Morgan fingerprint density at radius 3 is 1.66 bits per heavy atom. The zero-order valence-corrected chi connectivity index (χ0v) is 17.2. The minimum absolute atomic E-state index is 0.326. The van der Waals surface area contributed by atoms with Gasteiger partial charge in [-0.2, -0.15) is 0 Å². The Morgan fingerprint density at radius 2 is 1.17 bits per heavy atom. The predicted molar refractivity (Wildman–Crippen MR) is 122 cm³/mol. The first-order valence-electron chi connectivity index (χ1n) is 9.79. The topological polar surface area (TPSA) is 49.8 Å². The number of benzene rings is 2. The number of anilines is 2. The third-order valence-corrected chi connectivity index (χ3v) is 6.08. The van der Waals surface area contributed by atoms with Crippen molar-refractivity contribution in [3.8, 4) is 0 Å². The maximum atomic E-state index is 6.13. The number of nitrogens with zero attached hydrogens (tertiary/aromatic N) is 2. The highest BCUT2D eigenvalue weighted by Crippen LogP contribution is 2.32. The summed E-state index contributed by atoms with van der Waals surface area (Å²) in [6.07, 6.45) is 7.07. The molecule has 0 aliphatic heterocycles. The van der Waals surface area contributed by atoms with E-state index in [1.165, 1.54) is 6.42 Å². The molecule has 2 N–H and O–H groups in total. The molecular formula is C23H20Cl2N4. The molecule has 6 heteroatoms. The van der Waals surface area contributed by atoms with Crippen molar-refractivity contribution in [3.63, 3.8) is 0 Å². The van der Waals surface area contributed by atoms with E-state index in [9.17, 15) is 0 Å². The third-order valence-electron chi connectivity index (χ3n) is 5.61. The van der Waals surface area contributed by atoms with Crippen LogP contribution in [0.1, 0.15) is 19.3 Å². The van der Waals surface area contributed by atoms with E-state index in [0.717, 1.165) is 46.0 Å². The predicted octanol–water partition coefficient (Wildman–Crippen LogP) is 6.53. The third kappa shape index (κ3) is 3.70. The van der Waals surface area contributed by atoms with Gasteiger partial charge >= 0.3 is 0 Å². The van der Waals surface area contributed by atoms with Crippen LogP contribution in [0.4, 0.5) is 11.4 Å². The summed E-state index contributed by atoms with van der Waals surface area (Å²) in [5.41, 5.74) is 4.00. The van der Waals surface area contributed by atoms with Crippen LogP contribution in [-0.4, -0.2) is 22.1 Å². The molecule has 2 aromatic carbocycles. The second-order valence-electron chi connectivity index (χ2n) is 7.47. The van der Waals surface area contributed by atoms with Gasteiger partial charge in [0.05, 0.1) is 11.0 Å². The van der Waals surface area contributed by atoms with Crippen LogP contribution in [0.15, 0.2) is 60.9 Å². The fraction of sp³-hybridized carbons (Fsp3) is 0.217. The summed E-state index contributed by atoms with van der Waals surface area (Å²) >= 11 is 12.3. The van der Waals surface area contributed by atoms with E-state index in [1.54, 1.807) is 0 Å². The molecule has 2 aromatic heterocycles. The highest BCUT2D eigenvalue weighted by atomic mass is 35.5. The first-order chi connectivity index (χ1) is 14.2. The molecule has 5 rings (SSSR count). The number of halogens is 2. The lowest BCUT2D eigenvalue weighted by atomic mass is 10.1. The van der Waals surface area contributed by atoms with Crippen LogP contribution in [0.5, 0.6) is 0 Å². The van der Waals surface area contributed by atoms with E-state index < -0.39 is 0 Å². The van der Waals surface area contributed by atoms with Crippen LogP contribution < -0.4 is 10.6 Å². The highest BCUT2D eigenvalue weighted by molar-refractivity contribution is 6.31. The summed E-state index contributed by atoms with van der Waals surface area (Å²) in [7, 11) is 0. The lowest BCUT2D eigenvalue weighted by Crippen LogP contribution is -2.34. The molecule has 0 amide bonds. The van der Waals surface area contributed by atoms with Gasteiger partial charge in [0.15, 0.2) is 0 Å². The molecule has 1 fully saturated rings. The lowest BCUT2D eigenvalue weighted by Gasteiger charge is -2.25. The van der Waals surface area contributed by atoms with Gasteiger partial charge in [-0.15, -0.1) is 0 Å². The van der Waals surface area contributed by atoms with Crippen molar-refractivity contribution >= 4 is 56.4 Å². The number of hydrogen-bond acceptors (Lipinski definition) is 4. The highest BCUT2D eigenvalue weighted by Gasteiger charge is 2.28. The van der Waals surface area contributed by atoms with Crippen LogP contribution in [0.25, 0.3) is 21.8 Å². The molecule has 4 aromatic rings. The molecule has 0 bridgehead atoms. The molecule has 4 nitrogen and oxygen atoms in total. The van der Waals surface area contributed by atoms with Crippen molar-refractivity contribution in [2.24, 2.45) is 0 Å². The molecule has 1 aliphatic carbocycles. The average Bonchev–Trinajstić information content (AvgIpc) is 3.14. The Morgan fingerprint density at radius 1 is 0.690 bits per heavy atom. The average molecular weight is 423 g/mol. The Kier molecular flexibility index (Phi) is 4.90. The van der Waals surface area contributed by atoms with Gasteiger partial charge in [0.2, 0.25) is 0 Å². The number of nitrogens with one attached hydrogen (secondary N) is 2. The van der Waals surface area contributed by atoms with Crippen molar-refractivity contribution in [3.05, 3.63) is 71.0 Å². The van der Waals surface area contributed by atoms with Crippen molar-refractivity contribution in [1.29, 1.82) is 0 Å². The number of pyridine rings is 2. The molecule has 1 aliphatic rings. The summed E-state index contributed by atoms with van der Waals surface area (Å²) < 4.78 is 0. The first kappa shape index (κ1) is 18.5. The number of aromatic nitrogens is 2. The number of hydrogen-bond donors (Lipinski definition) is 2. The first-order valence-corrected chi connectivity index (χ1v) is 10.5. The normalized spacial score (nSPS) is 19.0. The molecule has 146 valence electrons. The number of fused-ring (bicyclic) bond motifs is 2. The van der Waals surface area contributed by atoms with Gasteiger partial charge in [-0.25, -0.2) is 0 Å². The molecular weight excluding hydrogens is 403 g/mol. The van der Waals surface area contributed by atoms with Gasteiger partial charge in [-0.05, 0) is 67.8 Å². The zero-order valence-electron chi connectivity index (χ0n) is 15.7. The standard InChI is InChI=1S/C23H20Cl2N4/c24-14-4-6-16-18(8-10-26-22(16)12-14)28-20-2-1-3-21(20)29-19-9-11-27-23-13-15(25)5-7-17(19)23/h4-13,20-21H,1-3H2,(H,26,28)(H,27,29)/t20-,21-/m0/s1. The van der Waals surface area contributed by atoms with E-state index in [2.05, 4.69) is 20.6 Å². The van der Waals surface area contributed by atoms with Crippen LogP contribution in [-0.2, 0) is 0 Å². The molecule has 0 radical (unpaired) electrons. The van der Waals surface area contributed by atoms with Crippen LogP contribution >= 0.6 is 23.2 Å². The molecule has 0 spiro atoms. The second kappa shape index (κ2) is 7.69. The monoisotopic (exact) mass is 422 g/mol. The van der Waals surface area contributed by atoms with Gasteiger partial charge in [0.1, 0.15) is 0 Å². The van der Waals surface area contributed by atoms with Gasteiger partial charge < -0.3 is 10.6 Å². The van der Waals surface area contributed by atoms with E-state index in [4.69, 9.17) is 23.2 Å². The summed E-state index contributed by atoms with van der Waals surface area (Å²) in [5.74, 6) is 0. The van der Waals surface area contributed by atoms with Gasteiger partial charge in [0.25, 0.3) is 0 Å². The van der Waals surface area contributed by atoms with Crippen molar-refractivity contribution < 1.29 is 0 Å². The fourth-order valence-corrected chi connectivity index (χ4v) is 4.53. The van der Waals surface area contributed by atoms with E-state index in [0.29, 0.717) is 22.1 Å². The molecule has 29 heavy (non-hydrogen) atoms. The van der Waals surface area contributed by atoms with Gasteiger partial charge in [0, 0.05) is 56.7 Å². The van der Waals surface area contributed by atoms with Crippen molar-refractivity contribution in [1.82, 2.24) is 9.97 Å². The largest absolute Gasteiger partial charge is 0.380 e. The summed E-state index contributed by atoms with van der Waals surface area (Å²) in [6.45, 7) is 0. The molecule has 1 saturated carbocycles. The van der Waals surface area contributed by atoms with E-state index in [1.807, 2.05) is 60.9 Å². The van der Waals surface area contributed by atoms with E-state index in [-0.39, 0.29) is 0 Å². The zero-order chi connectivity index (χ0) is 19.8. The van der Waals surface area contributed by atoms with Gasteiger partial charge in [-0.1, -0.05) is 23.2 Å². The van der Waals surface area contributed by atoms with Crippen molar-refractivity contribution in [2.75, 3.05) is 10.6 Å². The number of rotatable bonds is 4. The van der Waals surface area contributed by atoms with E-state index >= 15 is 0 Å². The summed E-state index contributed by atoms with van der Waals surface area (Å²) in [6, 6.07) is 16.4. The van der Waals surface area contributed by atoms with Crippen LogP contribution in [0, 0.1) is 0 Å². The maximum Gasteiger partial charge on any atom is 0.0737 e. The Labute approximate surface area is 179 Å². The fourth-order valence-electron chi connectivity index (χ4n) is 4.20. The summed E-state index contributed by atoms with van der Waals surface area (Å²) in [5, 5.41) is 11.1. The van der Waals surface area contributed by atoms with Crippen LogP contribution in [0.2, 0.25) is 10.0 Å². The smallest absolute Gasteiger partial charge is 0.0737 e. The van der Waals surface area contributed by atoms with Crippen LogP contribution in [0.3, 0.4) is 0 Å². The molecule has 2 atom stereocenters.